The van der Waals surface area contributed by atoms with E-state index in [1.165, 1.54) is 4.90 Å². The van der Waals surface area contributed by atoms with E-state index < -0.39 is 29.0 Å². The predicted octanol–water partition coefficient (Wildman–Crippen LogP) is 3.26. The monoisotopic (exact) mass is 347 g/mol. The molecule has 2 rings (SSSR count). The largest absolute Gasteiger partial charge is 0.466 e. The van der Waals surface area contributed by atoms with Gasteiger partial charge in [0.2, 0.25) is 0 Å². The number of benzene rings is 1. The number of amides is 1. The van der Waals surface area contributed by atoms with Crippen LogP contribution >= 0.6 is 0 Å². The molecule has 24 heavy (non-hydrogen) atoms. The van der Waals surface area contributed by atoms with E-state index in [1.807, 2.05) is 0 Å². The number of carbonyl (C=O) groups is 2. The summed E-state index contributed by atoms with van der Waals surface area (Å²) in [4.78, 5) is 25.2. The van der Waals surface area contributed by atoms with Gasteiger partial charge >= 0.3 is 12.1 Å². The highest BCUT2D eigenvalue weighted by molar-refractivity contribution is 5.95. The number of esters is 1. The van der Waals surface area contributed by atoms with Crippen LogP contribution in [0, 0.1) is 11.7 Å². The Bertz CT molecular complexity index is 622. The van der Waals surface area contributed by atoms with Crippen LogP contribution in [0.5, 0.6) is 0 Å². The van der Waals surface area contributed by atoms with E-state index in [4.69, 9.17) is 4.74 Å². The summed E-state index contributed by atoms with van der Waals surface area (Å²) in [6.07, 6.45) is -3.98. The van der Waals surface area contributed by atoms with Gasteiger partial charge in [0.25, 0.3) is 5.91 Å². The highest BCUT2D eigenvalue weighted by atomic mass is 19.4. The molecule has 0 radical (unpaired) electrons. The van der Waals surface area contributed by atoms with Gasteiger partial charge in [-0.1, -0.05) is 0 Å². The summed E-state index contributed by atoms with van der Waals surface area (Å²) in [5, 5.41) is 0. The maximum absolute atomic E-state index is 13.8. The molecule has 0 bridgehead atoms. The maximum Gasteiger partial charge on any atom is 0.416 e. The van der Waals surface area contributed by atoms with Crippen molar-refractivity contribution in [1.29, 1.82) is 0 Å². The number of nitrogens with zero attached hydrogens (tertiary/aromatic N) is 1. The SMILES string of the molecule is CCOC(=O)C1CCN(C(=O)c2cc(C(F)(F)F)ccc2F)CC1. The minimum Gasteiger partial charge on any atom is -0.466 e. The summed E-state index contributed by atoms with van der Waals surface area (Å²) >= 11 is 0. The molecule has 1 aromatic carbocycles. The minimum absolute atomic E-state index is 0.165. The van der Waals surface area contributed by atoms with E-state index >= 15 is 0 Å². The number of hydrogen-bond acceptors (Lipinski definition) is 3. The lowest BCUT2D eigenvalue weighted by atomic mass is 9.96. The Morgan fingerprint density at radius 2 is 1.88 bits per heavy atom. The van der Waals surface area contributed by atoms with Crippen molar-refractivity contribution in [3.63, 3.8) is 0 Å². The van der Waals surface area contributed by atoms with Crippen LogP contribution in [0.25, 0.3) is 0 Å². The second kappa shape index (κ2) is 7.19. The molecule has 1 heterocycles. The Labute approximate surface area is 136 Å². The van der Waals surface area contributed by atoms with Gasteiger partial charge in [0, 0.05) is 13.1 Å². The van der Waals surface area contributed by atoms with Gasteiger partial charge in [0.15, 0.2) is 0 Å². The van der Waals surface area contributed by atoms with Crippen LogP contribution in [0.1, 0.15) is 35.7 Å². The number of ether oxygens (including phenoxy) is 1. The van der Waals surface area contributed by atoms with Crippen molar-refractivity contribution >= 4 is 11.9 Å². The number of hydrogen-bond donors (Lipinski definition) is 0. The first-order chi connectivity index (χ1) is 11.2. The molecule has 0 spiro atoms. The number of piperidine rings is 1. The molecule has 8 heteroatoms. The molecule has 4 nitrogen and oxygen atoms in total. The minimum atomic E-state index is -4.65. The normalized spacial score (nSPS) is 16.1. The lowest BCUT2D eigenvalue weighted by molar-refractivity contribution is -0.149. The average Bonchev–Trinajstić information content (AvgIpc) is 2.54. The summed E-state index contributed by atoms with van der Waals surface area (Å²) in [6.45, 7) is 2.27. The average molecular weight is 347 g/mol. The van der Waals surface area contributed by atoms with E-state index in [1.54, 1.807) is 6.92 Å². The summed E-state index contributed by atoms with van der Waals surface area (Å²) in [5.74, 6) is -2.50. The van der Waals surface area contributed by atoms with Crippen LogP contribution in [0.15, 0.2) is 18.2 Å². The molecule has 0 aromatic heterocycles. The molecule has 0 N–H and O–H groups in total. The Hall–Kier alpha value is -2.12. The first-order valence-electron chi connectivity index (χ1n) is 7.56. The predicted molar refractivity (Wildman–Crippen MR) is 76.7 cm³/mol. The Morgan fingerprint density at radius 1 is 1.25 bits per heavy atom. The Morgan fingerprint density at radius 3 is 2.42 bits per heavy atom. The highest BCUT2D eigenvalue weighted by Gasteiger charge is 2.34. The van der Waals surface area contributed by atoms with Gasteiger partial charge in [-0.15, -0.1) is 0 Å². The van der Waals surface area contributed by atoms with Gasteiger partial charge in [-0.05, 0) is 38.0 Å². The van der Waals surface area contributed by atoms with E-state index in [2.05, 4.69) is 0 Å². The van der Waals surface area contributed by atoms with Gasteiger partial charge in [-0.25, -0.2) is 4.39 Å². The fraction of sp³-hybridized carbons (Fsp3) is 0.500. The van der Waals surface area contributed by atoms with Crippen LogP contribution in [0.2, 0.25) is 0 Å². The third-order valence-electron chi connectivity index (χ3n) is 3.93. The van der Waals surface area contributed by atoms with Crippen LogP contribution in [0.3, 0.4) is 0 Å². The van der Waals surface area contributed by atoms with E-state index in [-0.39, 0.29) is 31.6 Å². The zero-order valence-electron chi connectivity index (χ0n) is 13.0. The fourth-order valence-corrected chi connectivity index (χ4v) is 2.61. The summed E-state index contributed by atoms with van der Waals surface area (Å²) in [7, 11) is 0. The zero-order chi connectivity index (χ0) is 17.9. The molecule has 0 saturated carbocycles. The lowest BCUT2D eigenvalue weighted by Crippen LogP contribution is -2.41. The number of carbonyl (C=O) groups excluding carboxylic acids is 2. The van der Waals surface area contributed by atoms with Gasteiger partial charge < -0.3 is 9.64 Å². The first kappa shape index (κ1) is 18.2. The Balaban J connectivity index is 2.09. The van der Waals surface area contributed by atoms with Crippen LogP contribution < -0.4 is 0 Å². The summed E-state index contributed by atoms with van der Waals surface area (Å²) in [6, 6.07) is 1.76. The van der Waals surface area contributed by atoms with Crippen LogP contribution in [-0.2, 0) is 15.7 Å². The molecule has 1 amide bonds. The van der Waals surface area contributed by atoms with Gasteiger partial charge in [0.1, 0.15) is 5.82 Å². The smallest absolute Gasteiger partial charge is 0.416 e. The maximum atomic E-state index is 13.8. The number of likely N-dealkylation sites (tertiary alicyclic amines) is 1. The first-order valence-corrected chi connectivity index (χ1v) is 7.56. The van der Waals surface area contributed by atoms with E-state index in [0.29, 0.717) is 31.0 Å². The molecule has 1 fully saturated rings. The van der Waals surface area contributed by atoms with E-state index in [0.717, 1.165) is 0 Å². The zero-order valence-corrected chi connectivity index (χ0v) is 13.0. The second-order valence-electron chi connectivity index (χ2n) is 5.51. The van der Waals surface area contributed by atoms with Gasteiger partial charge in [-0.2, -0.15) is 13.2 Å². The second-order valence-corrected chi connectivity index (χ2v) is 5.51. The highest BCUT2D eigenvalue weighted by Crippen LogP contribution is 2.31. The molecular formula is C16H17F4NO3. The van der Waals surface area contributed by atoms with Crippen LogP contribution in [0.4, 0.5) is 17.6 Å². The Kier molecular flexibility index (Phi) is 5.46. The summed E-state index contributed by atoms with van der Waals surface area (Å²) in [5.41, 5.74) is -1.69. The molecule has 0 atom stereocenters. The topological polar surface area (TPSA) is 46.6 Å². The lowest BCUT2D eigenvalue weighted by Gasteiger charge is -2.31. The molecule has 1 saturated heterocycles. The van der Waals surface area contributed by atoms with Crippen molar-refractivity contribution in [3.05, 3.63) is 35.1 Å². The molecular weight excluding hydrogens is 330 g/mol. The molecule has 0 aliphatic carbocycles. The quantitative estimate of drug-likeness (QED) is 0.623. The molecule has 0 unspecified atom stereocenters. The molecule has 1 aliphatic heterocycles. The van der Waals surface area contributed by atoms with Crippen molar-refractivity contribution in [2.24, 2.45) is 5.92 Å². The summed E-state index contributed by atoms with van der Waals surface area (Å²) < 4.78 is 56.8. The number of alkyl halides is 3. The van der Waals surface area contributed by atoms with Gasteiger partial charge in [-0.3, -0.25) is 9.59 Å². The van der Waals surface area contributed by atoms with Crippen molar-refractivity contribution < 1.29 is 31.9 Å². The number of halogens is 4. The van der Waals surface area contributed by atoms with Crippen molar-refractivity contribution in [2.45, 2.75) is 25.9 Å². The van der Waals surface area contributed by atoms with E-state index in [9.17, 15) is 27.2 Å². The van der Waals surface area contributed by atoms with Gasteiger partial charge in [0.05, 0.1) is 23.7 Å². The molecule has 132 valence electrons. The number of rotatable bonds is 3. The third-order valence-corrected chi connectivity index (χ3v) is 3.93. The third kappa shape index (κ3) is 4.04. The fourth-order valence-electron chi connectivity index (χ4n) is 2.61. The van der Waals surface area contributed by atoms with Crippen molar-refractivity contribution in [2.75, 3.05) is 19.7 Å². The molecule has 1 aromatic rings. The van der Waals surface area contributed by atoms with Crippen molar-refractivity contribution in [1.82, 2.24) is 4.90 Å². The van der Waals surface area contributed by atoms with Crippen molar-refractivity contribution in [3.8, 4) is 0 Å². The van der Waals surface area contributed by atoms with Crippen LogP contribution in [-0.4, -0.2) is 36.5 Å². The standard InChI is InChI=1S/C16H17F4NO3/c1-2-24-15(23)10-5-7-21(8-6-10)14(22)12-9-11(16(18,19)20)3-4-13(12)17/h3-4,9-10H,2,5-8H2,1H3. The molecule has 1 aliphatic rings.